The predicted octanol–water partition coefficient (Wildman–Crippen LogP) is 3.29. The number of aromatic nitrogens is 1. The largest absolute Gasteiger partial charge is 0.474 e. The number of ether oxygens (including phenoxy) is 1. The van der Waals surface area contributed by atoms with Crippen molar-refractivity contribution in [1.82, 2.24) is 9.88 Å². The lowest BCUT2D eigenvalue weighted by atomic mass is 10.1. The molecule has 1 amide bonds. The van der Waals surface area contributed by atoms with Crippen LogP contribution in [0.3, 0.4) is 0 Å². The van der Waals surface area contributed by atoms with E-state index in [4.69, 9.17) is 21.6 Å². The number of benzene rings is 1. The molecule has 122 valence electrons. The molecule has 0 saturated carbocycles. The first-order valence-electron chi connectivity index (χ1n) is 7.73. The number of amides is 1. The summed E-state index contributed by atoms with van der Waals surface area (Å²) >= 11 is 5.81. The molecule has 2 aromatic rings. The molecule has 1 aromatic heterocycles. The molecule has 3 rings (SSSR count). The quantitative estimate of drug-likeness (QED) is 0.859. The molecule has 24 heavy (non-hydrogen) atoms. The van der Waals surface area contributed by atoms with Gasteiger partial charge in [-0.3, -0.25) is 4.79 Å². The number of nitrogens with zero attached hydrogens (tertiary/aromatic N) is 3. The number of hydrogen-bond donors (Lipinski definition) is 0. The molecule has 2 heterocycles. The van der Waals surface area contributed by atoms with Gasteiger partial charge in [-0.25, -0.2) is 4.98 Å². The van der Waals surface area contributed by atoms with Crippen LogP contribution < -0.4 is 4.74 Å². The van der Waals surface area contributed by atoms with E-state index in [2.05, 4.69) is 11.1 Å². The molecule has 1 fully saturated rings. The van der Waals surface area contributed by atoms with Crippen molar-refractivity contribution in [2.24, 2.45) is 0 Å². The molecule has 6 heteroatoms. The summed E-state index contributed by atoms with van der Waals surface area (Å²) in [6.45, 7) is 1.24. The topological polar surface area (TPSA) is 66.2 Å². The van der Waals surface area contributed by atoms with Crippen LogP contribution in [0.4, 0.5) is 0 Å². The molecule has 1 aliphatic heterocycles. The highest BCUT2D eigenvalue weighted by Crippen LogP contribution is 2.20. The fraction of sp³-hybridized carbons (Fsp3) is 0.278. The zero-order valence-electron chi connectivity index (χ0n) is 13.0. The second-order valence-electron chi connectivity index (χ2n) is 5.62. The van der Waals surface area contributed by atoms with Crippen molar-refractivity contribution in [3.8, 4) is 11.9 Å². The molecule has 0 unspecified atom stereocenters. The summed E-state index contributed by atoms with van der Waals surface area (Å²) in [5, 5.41) is 9.51. The van der Waals surface area contributed by atoms with Gasteiger partial charge in [0.2, 0.25) is 5.88 Å². The van der Waals surface area contributed by atoms with Crippen LogP contribution in [0.2, 0.25) is 5.02 Å². The summed E-state index contributed by atoms with van der Waals surface area (Å²) in [4.78, 5) is 18.4. The fourth-order valence-electron chi connectivity index (χ4n) is 2.68. The summed E-state index contributed by atoms with van der Waals surface area (Å²) in [6.07, 6.45) is 3.08. The Morgan fingerprint density at radius 2 is 2.08 bits per heavy atom. The SMILES string of the molecule is N#Cc1cccc(C(=O)N2CCC(Oc3ccc(Cl)cn3)CC2)c1. The molecule has 0 aliphatic carbocycles. The Bertz CT molecular complexity index is 763. The number of hydrogen-bond acceptors (Lipinski definition) is 4. The molecule has 0 spiro atoms. The highest BCUT2D eigenvalue weighted by Gasteiger charge is 2.25. The molecule has 0 atom stereocenters. The molecule has 0 N–H and O–H groups in total. The second-order valence-corrected chi connectivity index (χ2v) is 6.05. The van der Waals surface area contributed by atoms with E-state index in [9.17, 15) is 4.79 Å². The smallest absolute Gasteiger partial charge is 0.253 e. The Morgan fingerprint density at radius 3 is 2.75 bits per heavy atom. The third-order valence-corrected chi connectivity index (χ3v) is 4.18. The first-order valence-corrected chi connectivity index (χ1v) is 8.11. The van der Waals surface area contributed by atoms with Gasteiger partial charge in [0.05, 0.1) is 16.7 Å². The van der Waals surface area contributed by atoms with Crippen molar-refractivity contribution in [2.75, 3.05) is 13.1 Å². The van der Waals surface area contributed by atoms with Gasteiger partial charge in [0.15, 0.2) is 0 Å². The minimum Gasteiger partial charge on any atom is -0.474 e. The first-order chi connectivity index (χ1) is 11.7. The van der Waals surface area contributed by atoms with Gasteiger partial charge in [0.25, 0.3) is 5.91 Å². The molecule has 0 bridgehead atoms. The van der Waals surface area contributed by atoms with Crippen LogP contribution in [-0.4, -0.2) is 35.0 Å². The number of rotatable bonds is 3. The number of piperidine rings is 1. The average molecular weight is 342 g/mol. The minimum absolute atomic E-state index is 0.0353. The van der Waals surface area contributed by atoms with Crippen LogP contribution in [0.5, 0.6) is 5.88 Å². The number of carbonyl (C=O) groups is 1. The molecular weight excluding hydrogens is 326 g/mol. The van der Waals surface area contributed by atoms with Gasteiger partial charge in [0, 0.05) is 43.8 Å². The van der Waals surface area contributed by atoms with Gasteiger partial charge in [-0.2, -0.15) is 5.26 Å². The molecule has 1 aromatic carbocycles. The molecule has 0 radical (unpaired) electrons. The first kappa shape index (κ1) is 16.3. The summed E-state index contributed by atoms with van der Waals surface area (Å²) in [6, 6.07) is 12.3. The zero-order chi connectivity index (χ0) is 16.9. The van der Waals surface area contributed by atoms with Gasteiger partial charge in [-0.05, 0) is 24.3 Å². The Hall–Kier alpha value is -2.58. The standard InChI is InChI=1S/C18H16ClN3O2/c19-15-4-5-17(21-12-15)24-16-6-8-22(9-7-16)18(23)14-3-1-2-13(10-14)11-20/h1-5,10,12,16H,6-9H2. The van der Waals surface area contributed by atoms with Gasteiger partial charge in [-0.1, -0.05) is 17.7 Å². The van der Waals surface area contributed by atoms with Gasteiger partial charge < -0.3 is 9.64 Å². The number of carbonyl (C=O) groups excluding carboxylic acids is 1. The molecule has 1 aliphatic rings. The van der Waals surface area contributed by atoms with E-state index in [0.29, 0.717) is 35.1 Å². The van der Waals surface area contributed by atoms with Crippen molar-refractivity contribution in [3.05, 3.63) is 58.7 Å². The summed E-state index contributed by atoms with van der Waals surface area (Å²) in [5.41, 5.74) is 1.04. The highest BCUT2D eigenvalue weighted by atomic mass is 35.5. The van der Waals surface area contributed by atoms with Crippen molar-refractivity contribution < 1.29 is 9.53 Å². The number of pyridine rings is 1. The van der Waals surface area contributed by atoms with Crippen LogP contribution in [0.25, 0.3) is 0 Å². The van der Waals surface area contributed by atoms with Crippen molar-refractivity contribution >= 4 is 17.5 Å². The van der Waals surface area contributed by atoms with Gasteiger partial charge >= 0.3 is 0 Å². The normalized spacial score (nSPS) is 14.9. The van der Waals surface area contributed by atoms with Crippen molar-refractivity contribution in [1.29, 1.82) is 5.26 Å². The van der Waals surface area contributed by atoms with E-state index in [1.165, 1.54) is 0 Å². The summed E-state index contributed by atoms with van der Waals surface area (Å²) in [7, 11) is 0. The van der Waals surface area contributed by atoms with Crippen LogP contribution >= 0.6 is 11.6 Å². The van der Waals surface area contributed by atoms with E-state index in [0.717, 1.165) is 12.8 Å². The Balaban J connectivity index is 1.57. The molecule has 5 nitrogen and oxygen atoms in total. The van der Waals surface area contributed by atoms with E-state index in [-0.39, 0.29) is 12.0 Å². The van der Waals surface area contributed by atoms with E-state index in [1.807, 2.05) is 0 Å². The van der Waals surface area contributed by atoms with E-state index < -0.39 is 0 Å². The Kier molecular flexibility index (Phi) is 4.97. The lowest BCUT2D eigenvalue weighted by Crippen LogP contribution is -2.41. The van der Waals surface area contributed by atoms with Crippen molar-refractivity contribution in [3.63, 3.8) is 0 Å². The minimum atomic E-state index is -0.0461. The summed E-state index contributed by atoms with van der Waals surface area (Å²) in [5.74, 6) is 0.501. The van der Waals surface area contributed by atoms with Gasteiger partial charge in [0.1, 0.15) is 6.10 Å². The van der Waals surface area contributed by atoms with Gasteiger partial charge in [-0.15, -0.1) is 0 Å². The molecule has 1 saturated heterocycles. The predicted molar refractivity (Wildman–Crippen MR) is 90.0 cm³/mol. The lowest BCUT2D eigenvalue weighted by Gasteiger charge is -2.32. The number of nitriles is 1. The maximum absolute atomic E-state index is 12.5. The second kappa shape index (κ2) is 7.33. The Morgan fingerprint density at radius 1 is 1.29 bits per heavy atom. The van der Waals surface area contributed by atoms with Crippen LogP contribution in [-0.2, 0) is 0 Å². The average Bonchev–Trinajstić information content (AvgIpc) is 2.64. The summed E-state index contributed by atoms with van der Waals surface area (Å²) < 4.78 is 5.83. The van der Waals surface area contributed by atoms with E-state index in [1.54, 1.807) is 47.5 Å². The fourth-order valence-corrected chi connectivity index (χ4v) is 2.80. The number of likely N-dealkylation sites (tertiary alicyclic amines) is 1. The lowest BCUT2D eigenvalue weighted by molar-refractivity contribution is 0.0588. The monoisotopic (exact) mass is 341 g/mol. The van der Waals surface area contributed by atoms with Crippen LogP contribution in [0.1, 0.15) is 28.8 Å². The Labute approximate surface area is 145 Å². The van der Waals surface area contributed by atoms with Crippen molar-refractivity contribution in [2.45, 2.75) is 18.9 Å². The molecular formula is C18H16ClN3O2. The third-order valence-electron chi connectivity index (χ3n) is 3.96. The third kappa shape index (κ3) is 3.84. The van der Waals surface area contributed by atoms with Crippen LogP contribution in [0, 0.1) is 11.3 Å². The maximum Gasteiger partial charge on any atom is 0.253 e. The van der Waals surface area contributed by atoms with E-state index >= 15 is 0 Å². The number of halogens is 1. The highest BCUT2D eigenvalue weighted by molar-refractivity contribution is 6.30. The maximum atomic E-state index is 12.5. The van der Waals surface area contributed by atoms with Crippen LogP contribution in [0.15, 0.2) is 42.6 Å². The zero-order valence-corrected chi connectivity index (χ0v) is 13.7.